The third-order valence-corrected chi connectivity index (χ3v) is 5.71. The zero-order valence-corrected chi connectivity index (χ0v) is 16.7. The van der Waals surface area contributed by atoms with Gasteiger partial charge in [0.2, 0.25) is 0 Å². The van der Waals surface area contributed by atoms with E-state index in [0.29, 0.717) is 13.0 Å². The SMILES string of the molecule is N[C@@H](CNc1cnc(-c2ccc3cnccc3c2)s1)Cc1ccc(C(F)(F)F)cc1. The second-order valence-corrected chi connectivity index (χ2v) is 8.04. The van der Waals surface area contributed by atoms with Crippen molar-refractivity contribution in [1.29, 1.82) is 0 Å². The number of alkyl halides is 3. The highest BCUT2D eigenvalue weighted by atomic mass is 32.1. The van der Waals surface area contributed by atoms with E-state index >= 15 is 0 Å². The normalized spacial score (nSPS) is 12.8. The van der Waals surface area contributed by atoms with E-state index in [2.05, 4.69) is 21.4 Å². The molecule has 2 aromatic carbocycles. The molecule has 0 amide bonds. The third-order valence-electron chi connectivity index (χ3n) is 4.71. The fourth-order valence-corrected chi connectivity index (χ4v) is 3.96. The highest BCUT2D eigenvalue weighted by molar-refractivity contribution is 7.18. The van der Waals surface area contributed by atoms with Gasteiger partial charge in [0.05, 0.1) is 11.8 Å². The summed E-state index contributed by atoms with van der Waals surface area (Å²) in [4.78, 5) is 8.60. The number of thiazole rings is 1. The number of hydrogen-bond acceptors (Lipinski definition) is 5. The van der Waals surface area contributed by atoms with Gasteiger partial charge in [-0.25, -0.2) is 4.98 Å². The molecule has 0 aliphatic heterocycles. The summed E-state index contributed by atoms with van der Waals surface area (Å²) in [6.45, 7) is 0.492. The van der Waals surface area contributed by atoms with Crippen molar-refractivity contribution in [3.8, 4) is 10.6 Å². The average Bonchev–Trinajstić information content (AvgIpc) is 3.21. The van der Waals surface area contributed by atoms with Crippen LogP contribution in [0.25, 0.3) is 21.3 Å². The maximum absolute atomic E-state index is 12.6. The van der Waals surface area contributed by atoms with E-state index in [1.807, 2.05) is 24.4 Å². The van der Waals surface area contributed by atoms with Crippen molar-refractivity contribution in [3.63, 3.8) is 0 Å². The lowest BCUT2D eigenvalue weighted by atomic mass is 10.0. The van der Waals surface area contributed by atoms with Crippen LogP contribution in [0.15, 0.2) is 67.1 Å². The van der Waals surface area contributed by atoms with Crippen molar-refractivity contribution in [2.24, 2.45) is 5.73 Å². The van der Waals surface area contributed by atoms with Crippen LogP contribution >= 0.6 is 11.3 Å². The van der Waals surface area contributed by atoms with Crippen LogP contribution in [0.1, 0.15) is 11.1 Å². The number of anilines is 1. The Balaban J connectivity index is 1.35. The van der Waals surface area contributed by atoms with Crippen LogP contribution < -0.4 is 11.1 Å². The number of nitrogens with one attached hydrogen (secondary N) is 1. The minimum absolute atomic E-state index is 0.236. The number of aromatic nitrogens is 2. The van der Waals surface area contributed by atoms with Crippen LogP contribution in [0.4, 0.5) is 18.2 Å². The monoisotopic (exact) mass is 428 g/mol. The molecule has 0 aliphatic rings. The summed E-state index contributed by atoms with van der Waals surface area (Å²) in [7, 11) is 0. The van der Waals surface area contributed by atoms with Crippen molar-refractivity contribution in [2.75, 3.05) is 11.9 Å². The fraction of sp³-hybridized carbons (Fsp3) is 0.182. The summed E-state index contributed by atoms with van der Waals surface area (Å²) in [5.74, 6) is 0. The molecular weight excluding hydrogens is 409 g/mol. The minimum Gasteiger partial charge on any atom is -0.374 e. The van der Waals surface area contributed by atoms with Crippen LogP contribution in [0.3, 0.4) is 0 Å². The Morgan fingerprint density at radius 3 is 2.57 bits per heavy atom. The van der Waals surface area contributed by atoms with Gasteiger partial charge in [-0.05, 0) is 41.6 Å². The molecule has 3 N–H and O–H groups in total. The van der Waals surface area contributed by atoms with Gasteiger partial charge in [-0.3, -0.25) is 4.98 Å². The lowest BCUT2D eigenvalue weighted by Gasteiger charge is -2.13. The predicted octanol–water partition coefficient (Wildman–Crippen LogP) is 5.36. The van der Waals surface area contributed by atoms with Gasteiger partial charge in [-0.2, -0.15) is 13.2 Å². The van der Waals surface area contributed by atoms with E-state index in [1.54, 1.807) is 12.4 Å². The zero-order valence-electron chi connectivity index (χ0n) is 15.9. The Labute approximate surface area is 175 Å². The Kier molecular flexibility index (Phi) is 5.69. The van der Waals surface area contributed by atoms with Gasteiger partial charge in [0.15, 0.2) is 0 Å². The molecular formula is C22H19F3N4S. The third kappa shape index (κ3) is 4.77. The number of hydrogen-bond donors (Lipinski definition) is 2. The molecule has 8 heteroatoms. The van der Waals surface area contributed by atoms with Crippen molar-refractivity contribution < 1.29 is 13.2 Å². The lowest BCUT2D eigenvalue weighted by Crippen LogP contribution is -2.31. The zero-order chi connectivity index (χ0) is 21.1. The van der Waals surface area contributed by atoms with Crippen LogP contribution in [-0.4, -0.2) is 22.6 Å². The maximum atomic E-state index is 12.6. The number of benzene rings is 2. The molecule has 2 aromatic heterocycles. The molecule has 4 aromatic rings. The summed E-state index contributed by atoms with van der Waals surface area (Å²) in [6, 6.07) is 13.0. The van der Waals surface area contributed by atoms with Crippen LogP contribution in [0.5, 0.6) is 0 Å². The topological polar surface area (TPSA) is 63.8 Å². The van der Waals surface area contributed by atoms with Crippen LogP contribution in [0.2, 0.25) is 0 Å². The molecule has 0 radical (unpaired) electrons. The molecule has 2 heterocycles. The second-order valence-electron chi connectivity index (χ2n) is 7.01. The molecule has 4 nitrogen and oxygen atoms in total. The first-order chi connectivity index (χ1) is 14.4. The summed E-state index contributed by atoms with van der Waals surface area (Å²) in [5.41, 5.74) is 7.30. The number of pyridine rings is 1. The first kappa shape index (κ1) is 20.3. The molecule has 0 saturated carbocycles. The molecule has 154 valence electrons. The van der Waals surface area contributed by atoms with Gasteiger partial charge < -0.3 is 11.1 Å². The molecule has 1 atom stereocenters. The molecule has 0 unspecified atom stereocenters. The highest BCUT2D eigenvalue weighted by Gasteiger charge is 2.29. The molecule has 0 aliphatic carbocycles. The fourth-order valence-electron chi connectivity index (χ4n) is 3.14. The Bertz CT molecular complexity index is 1140. The Hall–Kier alpha value is -2.97. The Morgan fingerprint density at radius 1 is 1.00 bits per heavy atom. The molecule has 4 rings (SSSR count). The molecule has 30 heavy (non-hydrogen) atoms. The molecule has 0 fully saturated rings. The van der Waals surface area contributed by atoms with Crippen LogP contribution in [-0.2, 0) is 12.6 Å². The number of fused-ring (bicyclic) bond motifs is 1. The van der Waals surface area contributed by atoms with Gasteiger partial charge in [-0.15, -0.1) is 0 Å². The van der Waals surface area contributed by atoms with Crippen molar-refractivity contribution in [2.45, 2.75) is 18.6 Å². The van der Waals surface area contributed by atoms with Crippen molar-refractivity contribution in [1.82, 2.24) is 9.97 Å². The molecule has 0 saturated heterocycles. The Morgan fingerprint density at radius 2 is 1.80 bits per heavy atom. The van der Waals surface area contributed by atoms with Crippen molar-refractivity contribution in [3.05, 3.63) is 78.2 Å². The van der Waals surface area contributed by atoms with Crippen LogP contribution in [0, 0.1) is 0 Å². The summed E-state index contributed by atoms with van der Waals surface area (Å²) < 4.78 is 37.9. The standard InChI is InChI=1S/C22H19F3N4S/c23-22(24,25)18-5-1-14(2-6-18)9-19(26)12-28-20-13-29-21(30-20)16-3-4-17-11-27-8-7-15(17)10-16/h1-8,10-11,13,19,28H,9,12,26H2/t19-/m1/s1. The number of halogens is 3. The van der Waals surface area contributed by atoms with Gasteiger partial charge in [0.25, 0.3) is 0 Å². The highest BCUT2D eigenvalue weighted by Crippen LogP contribution is 2.31. The predicted molar refractivity (Wildman–Crippen MR) is 114 cm³/mol. The van der Waals surface area contributed by atoms with Gasteiger partial charge >= 0.3 is 6.18 Å². The quantitative estimate of drug-likeness (QED) is 0.434. The van der Waals surface area contributed by atoms with E-state index in [4.69, 9.17) is 5.73 Å². The summed E-state index contributed by atoms with van der Waals surface area (Å²) >= 11 is 1.53. The number of nitrogens with zero attached hydrogens (tertiary/aromatic N) is 2. The number of nitrogens with two attached hydrogens (primary N) is 1. The van der Waals surface area contributed by atoms with E-state index in [1.165, 1.54) is 23.5 Å². The van der Waals surface area contributed by atoms with E-state index in [9.17, 15) is 13.2 Å². The minimum atomic E-state index is -4.33. The maximum Gasteiger partial charge on any atom is 0.416 e. The summed E-state index contributed by atoms with van der Waals surface area (Å²) in [6.07, 6.45) is 1.51. The second kappa shape index (κ2) is 8.41. The van der Waals surface area contributed by atoms with E-state index in [-0.39, 0.29) is 6.04 Å². The first-order valence-corrected chi connectivity index (χ1v) is 10.2. The van der Waals surface area contributed by atoms with Crippen molar-refractivity contribution >= 4 is 27.1 Å². The smallest absolute Gasteiger partial charge is 0.374 e. The van der Waals surface area contributed by atoms with E-state index < -0.39 is 11.7 Å². The largest absolute Gasteiger partial charge is 0.416 e. The molecule has 0 bridgehead atoms. The van der Waals surface area contributed by atoms with Gasteiger partial charge in [-0.1, -0.05) is 35.6 Å². The first-order valence-electron chi connectivity index (χ1n) is 9.34. The van der Waals surface area contributed by atoms with Gasteiger partial charge in [0.1, 0.15) is 10.0 Å². The molecule has 0 spiro atoms. The average molecular weight is 428 g/mol. The van der Waals surface area contributed by atoms with E-state index in [0.717, 1.165) is 44.0 Å². The van der Waals surface area contributed by atoms with Gasteiger partial charge in [0, 0.05) is 35.9 Å². The summed E-state index contributed by atoms with van der Waals surface area (Å²) in [5, 5.41) is 7.23. The number of rotatable bonds is 6. The lowest BCUT2D eigenvalue weighted by molar-refractivity contribution is -0.137.